The number of carbonyl (C=O) groups is 1. The third kappa shape index (κ3) is 4.26. The summed E-state index contributed by atoms with van der Waals surface area (Å²) in [6.45, 7) is 1.49. The highest BCUT2D eigenvalue weighted by Gasteiger charge is 2.20. The zero-order chi connectivity index (χ0) is 19.3. The largest absolute Gasteiger partial charge is 0.486 e. The molecule has 1 aliphatic heterocycles. The van der Waals surface area contributed by atoms with Crippen molar-refractivity contribution >= 4 is 28.6 Å². The van der Waals surface area contributed by atoms with Gasteiger partial charge in [-0.2, -0.15) is 0 Å². The molecule has 2 aromatic carbocycles. The standard InChI is InChI=1S/C21H19FN2O3S/c22-15-3-1-4-16(11-15)23-13-21(25)24(14-18-5-2-10-28-18)17-6-7-19-20(12-17)27-9-8-26-19/h1-7,10-12,23H,8-9,13-14H2. The summed E-state index contributed by atoms with van der Waals surface area (Å²) >= 11 is 1.59. The maximum absolute atomic E-state index is 13.4. The fourth-order valence-electron chi connectivity index (χ4n) is 2.95. The highest BCUT2D eigenvalue weighted by Crippen LogP contribution is 2.34. The van der Waals surface area contributed by atoms with Crippen LogP contribution in [0.5, 0.6) is 11.5 Å². The first-order valence-corrected chi connectivity index (χ1v) is 9.79. The van der Waals surface area contributed by atoms with Crippen LogP contribution in [0.15, 0.2) is 60.0 Å². The SMILES string of the molecule is O=C(CNc1cccc(F)c1)N(Cc1cccs1)c1ccc2c(c1)OCCO2. The Balaban J connectivity index is 1.55. The smallest absolute Gasteiger partial charge is 0.246 e. The number of halogens is 1. The number of fused-ring (bicyclic) bond motifs is 1. The summed E-state index contributed by atoms with van der Waals surface area (Å²) in [6.07, 6.45) is 0. The predicted octanol–water partition coefficient (Wildman–Crippen LogP) is 4.30. The van der Waals surface area contributed by atoms with Crippen molar-refractivity contribution in [2.45, 2.75) is 6.54 Å². The highest BCUT2D eigenvalue weighted by molar-refractivity contribution is 7.09. The minimum absolute atomic E-state index is 0.0449. The van der Waals surface area contributed by atoms with E-state index in [1.54, 1.807) is 28.4 Å². The second-order valence-corrected chi connectivity index (χ2v) is 7.28. The van der Waals surface area contributed by atoms with E-state index in [0.717, 1.165) is 10.6 Å². The number of carbonyl (C=O) groups excluding carboxylic acids is 1. The highest BCUT2D eigenvalue weighted by atomic mass is 32.1. The molecule has 0 bridgehead atoms. The van der Waals surface area contributed by atoms with Gasteiger partial charge in [0.25, 0.3) is 0 Å². The molecular weight excluding hydrogens is 379 g/mol. The summed E-state index contributed by atoms with van der Waals surface area (Å²) in [4.78, 5) is 15.8. The molecule has 28 heavy (non-hydrogen) atoms. The first-order chi connectivity index (χ1) is 13.7. The van der Waals surface area contributed by atoms with Gasteiger partial charge in [0, 0.05) is 22.3 Å². The molecule has 5 nitrogen and oxygen atoms in total. The van der Waals surface area contributed by atoms with Gasteiger partial charge in [-0.15, -0.1) is 11.3 Å². The van der Waals surface area contributed by atoms with Gasteiger partial charge in [0.2, 0.25) is 5.91 Å². The molecule has 0 spiro atoms. The molecular formula is C21H19FN2O3S. The van der Waals surface area contributed by atoms with E-state index >= 15 is 0 Å². The maximum atomic E-state index is 13.4. The van der Waals surface area contributed by atoms with Crippen LogP contribution in [0.4, 0.5) is 15.8 Å². The van der Waals surface area contributed by atoms with Crippen LogP contribution in [0, 0.1) is 5.82 Å². The van der Waals surface area contributed by atoms with Crippen molar-refractivity contribution in [2.75, 3.05) is 30.0 Å². The second-order valence-electron chi connectivity index (χ2n) is 6.25. The number of rotatable bonds is 6. The lowest BCUT2D eigenvalue weighted by Crippen LogP contribution is -2.35. The van der Waals surface area contributed by atoms with Crippen molar-refractivity contribution < 1.29 is 18.7 Å². The van der Waals surface area contributed by atoms with Gasteiger partial charge in [-0.1, -0.05) is 12.1 Å². The van der Waals surface area contributed by atoms with Gasteiger partial charge in [0.05, 0.1) is 13.1 Å². The number of amides is 1. The van der Waals surface area contributed by atoms with E-state index in [1.807, 2.05) is 35.7 Å². The molecule has 0 unspecified atom stereocenters. The molecule has 2 heterocycles. The Labute approximate surface area is 166 Å². The van der Waals surface area contributed by atoms with Gasteiger partial charge >= 0.3 is 0 Å². The molecule has 1 aliphatic rings. The van der Waals surface area contributed by atoms with E-state index in [4.69, 9.17) is 9.47 Å². The molecule has 4 rings (SSSR count). The Morgan fingerprint density at radius 2 is 1.93 bits per heavy atom. The molecule has 0 fully saturated rings. The van der Waals surface area contributed by atoms with Crippen LogP contribution in [0.2, 0.25) is 0 Å². The Bertz CT molecular complexity index is 962. The first kappa shape index (κ1) is 18.3. The average molecular weight is 398 g/mol. The Hall–Kier alpha value is -3.06. The lowest BCUT2D eigenvalue weighted by molar-refractivity contribution is -0.117. The summed E-state index contributed by atoms with van der Waals surface area (Å²) in [5.74, 6) is 0.830. The summed E-state index contributed by atoms with van der Waals surface area (Å²) in [7, 11) is 0. The normalized spacial score (nSPS) is 12.5. The van der Waals surface area contributed by atoms with Crippen molar-refractivity contribution in [3.8, 4) is 11.5 Å². The van der Waals surface area contributed by atoms with Crippen LogP contribution in [0.3, 0.4) is 0 Å². The van der Waals surface area contributed by atoms with Crippen LogP contribution >= 0.6 is 11.3 Å². The molecule has 1 aromatic heterocycles. The predicted molar refractivity (Wildman–Crippen MR) is 108 cm³/mol. The van der Waals surface area contributed by atoms with Crippen molar-refractivity contribution in [1.82, 2.24) is 0 Å². The van der Waals surface area contributed by atoms with E-state index in [2.05, 4.69) is 5.32 Å². The van der Waals surface area contributed by atoms with Gasteiger partial charge in [-0.05, 0) is 41.8 Å². The quantitative estimate of drug-likeness (QED) is 0.673. The van der Waals surface area contributed by atoms with Gasteiger partial charge in [0.15, 0.2) is 11.5 Å². The number of hydrogen-bond acceptors (Lipinski definition) is 5. The molecule has 3 aromatic rings. The van der Waals surface area contributed by atoms with Crippen LogP contribution in [0.25, 0.3) is 0 Å². The monoisotopic (exact) mass is 398 g/mol. The second kappa shape index (κ2) is 8.31. The molecule has 144 valence electrons. The topological polar surface area (TPSA) is 50.8 Å². The first-order valence-electron chi connectivity index (χ1n) is 8.91. The fraction of sp³-hybridized carbons (Fsp3) is 0.190. The molecule has 0 saturated heterocycles. The van der Waals surface area contributed by atoms with Crippen molar-refractivity contribution in [1.29, 1.82) is 0 Å². The number of ether oxygens (including phenoxy) is 2. The van der Waals surface area contributed by atoms with Gasteiger partial charge in [-0.25, -0.2) is 4.39 Å². The summed E-state index contributed by atoms with van der Waals surface area (Å²) in [5.41, 5.74) is 1.29. The molecule has 0 radical (unpaired) electrons. The summed E-state index contributed by atoms with van der Waals surface area (Å²) in [5, 5.41) is 4.97. The number of hydrogen-bond donors (Lipinski definition) is 1. The number of benzene rings is 2. The van der Waals surface area contributed by atoms with Crippen LogP contribution < -0.4 is 19.7 Å². The Kier molecular flexibility index (Phi) is 5.43. The Morgan fingerprint density at radius 3 is 2.71 bits per heavy atom. The van der Waals surface area contributed by atoms with Gasteiger partial charge < -0.3 is 19.7 Å². The lowest BCUT2D eigenvalue weighted by Gasteiger charge is -2.25. The Morgan fingerprint density at radius 1 is 1.07 bits per heavy atom. The molecule has 0 saturated carbocycles. The van der Waals surface area contributed by atoms with Crippen LogP contribution in [-0.2, 0) is 11.3 Å². The van der Waals surface area contributed by atoms with Gasteiger partial charge in [-0.3, -0.25) is 4.79 Å². The average Bonchev–Trinajstić information content (AvgIpc) is 3.23. The molecule has 1 amide bonds. The zero-order valence-corrected chi connectivity index (χ0v) is 15.9. The van der Waals surface area contributed by atoms with E-state index in [0.29, 0.717) is 36.9 Å². The molecule has 7 heteroatoms. The van der Waals surface area contributed by atoms with E-state index < -0.39 is 0 Å². The van der Waals surface area contributed by atoms with Crippen LogP contribution in [-0.4, -0.2) is 25.7 Å². The zero-order valence-electron chi connectivity index (χ0n) is 15.1. The fourth-order valence-corrected chi connectivity index (χ4v) is 3.65. The van der Waals surface area contributed by atoms with Crippen molar-refractivity contribution in [3.63, 3.8) is 0 Å². The third-order valence-corrected chi connectivity index (χ3v) is 5.16. The number of nitrogens with one attached hydrogen (secondary N) is 1. The van der Waals surface area contributed by atoms with Gasteiger partial charge in [0.1, 0.15) is 19.0 Å². The number of anilines is 2. The minimum atomic E-state index is -0.347. The lowest BCUT2D eigenvalue weighted by atomic mass is 10.2. The number of nitrogens with zero attached hydrogens (tertiary/aromatic N) is 1. The molecule has 1 N–H and O–H groups in total. The summed E-state index contributed by atoms with van der Waals surface area (Å²) < 4.78 is 24.6. The van der Waals surface area contributed by atoms with Crippen molar-refractivity contribution in [2.24, 2.45) is 0 Å². The maximum Gasteiger partial charge on any atom is 0.246 e. The third-order valence-electron chi connectivity index (χ3n) is 4.30. The van der Waals surface area contributed by atoms with E-state index in [1.165, 1.54) is 12.1 Å². The molecule has 0 aliphatic carbocycles. The van der Waals surface area contributed by atoms with E-state index in [-0.39, 0.29) is 18.3 Å². The van der Waals surface area contributed by atoms with Crippen LogP contribution in [0.1, 0.15) is 4.88 Å². The minimum Gasteiger partial charge on any atom is -0.486 e. The molecule has 0 atom stereocenters. The van der Waals surface area contributed by atoms with E-state index in [9.17, 15) is 9.18 Å². The van der Waals surface area contributed by atoms with Crippen molar-refractivity contribution in [3.05, 3.63) is 70.7 Å². The number of thiophene rings is 1. The summed E-state index contributed by atoms with van der Waals surface area (Å²) in [6, 6.07) is 15.5.